The summed E-state index contributed by atoms with van der Waals surface area (Å²) < 4.78 is 17.5. The largest absolute Gasteiger partial charge is 0.479 e. The average molecular weight is 287 g/mol. The smallest absolute Gasteiger partial charge is 0.246 e. The van der Waals surface area contributed by atoms with Gasteiger partial charge >= 0.3 is 0 Å². The summed E-state index contributed by atoms with van der Waals surface area (Å²) >= 11 is 5.84. The number of nitrogens with zero attached hydrogens (tertiary/aromatic N) is 4. The van der Waals surface area contributed by atoms with E-state index in [2.05, 4.69) is 15.0 Å². The molecule has 0 aliphatic carbocycles. The second kappa shape index (κ2) is 4.89. The molecule has 0 amide bonds. The minimum absolute atomic E-state index is 0.0590. The van der Waals surface area contributed by atoms with Gasteiger partial charge in [-0.15, -0.1) is 0 Å². The maximum absolute atomic E-state index is 8.98. The van der Waals surface area contributed by atoms with Crippen molar-refractivity contribution >= 4 is 22.8 Å². The molecule has 8 nitrogen and oxygen atoms in total. The van der Waals surface area contributed by atoms with Crippen LogP contribution >= 0.6 is 11.6 Å². The first-order valence-corrected chi connectivity index (χ1v) is 5.92. The molecule has 1 N–H and O–H groups in total. The molecule has 3 rings (SSSR count). The molecule has 102 valence electrons. The van der Waals surface area contributed by atoms with Crippen molar-refractivity contribution in [2.75, 3.05) is 20.3 Å². The summed E-state index contributed by atoms with van der Waals surface area (Å²) in [6, 6.07) is 0. The van der Waals surface area contributed by atoms with Crippen LogP contribution < -0.4 is 4.74 Å². The molecule has 0 radical (unpaired) electrons. The number of hydrogen-bond donors (Lipinski definition) is 1. The van der Waals surface area contributed by atoms with Gasteiger partial charge < -0.3 is 19.3 Å². The van der Waals surface area contributed by atoms with Gasteiger partial charge in [0, 0.05) is 0 Å². The van der Waals surface area contributed by atoms with E-state index in [9.17, 15) is 0 Å². The van der Waals surface area contributed by atoms with E-state index in [1.165, 1.54) is 7.11 Å². The van der Waals surface area contributed by atoms with E-state index in [-0.39, 0.29) is 11.9 Å². The van der Waals surface area contributed by atoms with Gasteiger partial charge in [-0.2, -0.15) is 9.97 Å². The first-order valence-electron chi connectivity index (χ1n) is 5.55. The molecular weight excluding hydrogens is 276 g/mol. The quantitative estimate of drug-likeness (QED) is 0.814. The molecule has 0 bridgehead atoms. The van der Waals surface area contributed by atoms with E-state index < -0.39 is 12.5 Å². The Balaban J connectivity index is 2.03. The molecule has 3 heterocycles. The predicted octanol–water partition coefficient (Wildman–Crippen LogP) is 0.352. The number of hydrogen-bond acceptors (Lipinski definition) is 7. The second-order valence-corrected chi connectivity index (χ2v) is 4.20. The molecule has 1 aliphatic heterocycles. The monoisotopic (exact) mass is 286 g/mol. The third kappa shape index (κ3) is 2.12. The van der Waals surface area contributed by atoms with Gasteiger partial charge in [-0.3, -0.25) is 4.57 Å². The van der Waals surface area contributed by atoms with Crippen LogP contribution in [0.4, 0.5) is 0 Å². The fraction of sp³-hybridized carbons (Fsp3) is 0.500. The molecule has 0 spiro atoms. The molecule has 2 atom stereocenters. The molecule has 2 unspecified atom stereocenters. The number of aliphatic hydroxyl groups excluding tert-OH is 1. The van der Waals surface area contributed by atoms with Crippen LogP contribution in [0.2, 0.25) is 5.28 Å². The van der Waals surface area contributed by atoms with Crippen molar-refractivity contribution in [1.29, 1.82) is 0 Å². The van der Waals surface area contributed by atoms with Gasteiger partial charge in [0.2, 0.25) is 11.2 Å². The van der Waals surface area contributed by atoms with Crippen molar-refractivity contribution in [3.63, 3.8) is 0 Å². The van der Waals surface area contributed by atoms with E-state index >= 15 is 0 Å². The fourth-order valence-electron chi connectivity index (χ4n) is 1.90. The molecule has 2 aromatic heterocycles. The normalized spacial score (nSPS) is 23.1. The highest BCUT2D eigenvalue weighted by atomic mass is 35.5. The van der Waals surface area contributed by atoms with E-state index in [0.29, 0.717) is 23.7 Å². The zero-order chi connectivity index (χ0) is 13.4. The summed E-state index contributed by atoms with van der Waals surface area (Å²) in [5.74, 6) is 0.298. The van der Waals surface area contributed by atoms with Crippen molar-refractivity contribution in [3.8, 4) is 5.88 Å². The summed E-state index contributed by atoms with van der Waals surface area (Å²) in [5.41, 5.74) is 0.979. The summed E-state index contributed by atoms with van der Waals surface area (Å²) in [6.45, 7) is 0.0861. The number of methoxy groups -OCH3 is 1. The Morgan fingerprint density at radius 1 is 1.58 bits per heavy atom. The number of aliphatic hydroxyl groups is 1. The molecule has 19 heavy (non-hydrogen) atoms. The Bertz CT molecular complexity index is 604. The van der Waals surface area contributed by atoms with Crippen LogP contribution in [0.25, 0.3) is 11.2 Å². The van der Waals surface area contributed by atoms with Crippen LogP contribution in [-0.2, 0) is 9.47 Å². The van der Waals surface area contributed by atoms with Gasteiger partial charge in [0.25, 0.3) is 0 Å². The maximum atomic E-state index is 8.98. The van der Waals surface area contributed by atoms with Crippen LogP contribution in [-0.4, -0.2) is 51.2 Å². The Morgan fingerprint density at radius 2 is 2.42 bits per heavy atom. The average Bonchev–Trinajstić information content (AvgIpc) is 3.03. The van der Waals surface area contributed by atoms with E-state index in [0.717, 1.165) is 0 Å². The van der Waals surface area contributed by atoms with Gasteiger partial charge in [-0.05, 0) is 11.6 Å². The topological polar surface area (TPSA) is 91.5 Å². The number of halogens is 1. The summed E-state index contributed by atoms with van der Waals surface area (Å²) in [4.78, 5) is 12.2. The molecule has 0 saturated carbocycles. The van der Waals surface area contributed by atoms with Crippen molar-refractivity contribution in [2.45, 2.75) is 12.5 Å². The van der Waals surface area contributed by atoms with Gasteiger partial charge in [-0.25, -0.2) is 4.98 Å². The standard InChI is InChI=1S/C10H11ClN4O4/c1-17-9-7-8(13-10(11)14-9)15(4-12-7)5-3-18-6(2-16)19-5/h4-6,16H,2-3H2,1H3. The van der Waals surface area contributed by atoms with Crippen LogP contribution in [0, 0.1) is 0 Å². The van der Waals surface area contributed by atoms with Crippen molar-refractivity contribution in [1.82, 2.24) is 19.5 Å². The summed E-state index contributed by atoms with van der Waals surface area (Å²) in [7, 11) is 1.48. The molecule has 2 aromatic rings. The highest BCUT2D eigenvalue weighted by Crippen LogP contribution is 2.28. The molecular formula is C10H11ClN4O4. The lowest BCUT2D eigenvalue weighted by Crippen LogP contribution is -2.15. The van der Waals surface area contributed by atoms with Crippen molar-refractivity contribution in [3.05, 3.63) is 11.6 Å². The first-order chi connectivity index (χ1) is 9.22. The Labute approximate surface area is 112 Å². The van der Waals surface area contributed by atoms with Crippen LogP contribution in [0.1, 0.15) is 6.23 Å². The SMILES string of the molecule is COc1nc(Cl)nc2c1ncn2C1COC(CO)O1. The Kier molecular flexibility index (Phi) is 3.23. The van der Waals surface area contributed by atoms with Crippen molar-refractivity contribution in [2.24, 2.45) is 0 Å². The highest BCUT2D eigenvalue weighted by molar-refractivity contribution is 6.28. The third-order valence-corrected chi connectivity index (χ3v) is 2.92. The maximum Gasteiger partial charge on any atom is 0.246 e. The molecule has 1 saturated heterocycles. The number of imidazole rings is 1. The minimum atomic E-state index is -0.637. The van der Waals surface area contributed by atoms with E-state index in [1.54, 1.807) is 10.9 Å². The van der Waals surface area contributed by atoms with Gasteiger partial charge in [-0.1, -0.05) is 0 Å². The number of ether oxygens (including phenoxy) is 3. The van der Waals surface area contributed by atoms with Gasteiger partial charge in [0.1, 0.15) is 0 Å². The first kappa shape index (κ1) is 12.5. The number of rotatable bonds is 3. The third-order valence-electron chi connectivity index (χ3n) is 2.75. The Morgan fingerprint density at radius 3 is 3.11 bits per heavy atom. The zero-order valence-electron chi connectivity index (χ0n) is 9.99. The summed E-state index contributed by atoms with van der Waals surface area (Å²) in [6.07, 6.45) is 0.492. The second-order valence-electron chi connectivity index (χ2n) is 3.86. The van der Waals surface area contributed by atoms with Gasteiger partial charge in [0.05, 0.1) is 26.7 Å². The highest BCUT2D eigenvalue weighted by Gasteiger charge is 2.29. The van der Waals surface area contributed by atoms with Crippen LogP contribution in [0.15, 0.2) is 6.33 Å². The minimum Gasteiger partial charge on any atom is -0.479 e. The van der Waals surface area contributed by atoms with E-state index in [1.807, 2.05) is 0 Å². The lowest BCUT2D eigenvalue weighted by Gasteiger charge is -2.11. The molecule has 9 heteroatoms. The lowest BCUT2D eigenvalue weighted by atomic mass is 10.5. The van der Waals surface area contributed by atoms with E-state index in [4.69, 9.17) is 30.9 Å². The van der Waals surface area contributed by atoms with Crippen LogP contribution in [0.5, 0.6) is 5.88 Å². The van der Waals surface area contributed by atoms with Gasteiger partial charge in [0.15, 0.2) is 23.7 Å². The zero-order valence-corrected chi connectivity index (χ0v) is 10.7. The van der Waals surface area contributed by atoms with Crippen molar-refractivity contribution < 1.29 is 19.3 Å². The summed E-state index contributed by atoms with van der Waals surface area (Å²) in [5, 5.41) is 9.04. The lowest BCUT2D eigenvalue weighted by molar-refractivity contribution is -0.0980. The fourth-order valence-corrected chi connectivity index (χ4v) is 2.06. The molecule has 1 aliphatic rings. The number of fused-ring (bicyclic) bond motifs is 1. The number of aromatic nitrogens is 4. The Hall–Kier alpha value is -1.48. The molecule has 1 fully saturated rings. The van der Waals surface area contributed by atoms with Crippen LogP contribution in [0.3, 0.4) is 0 Å². The molecule has 0 aromatic carbocycles. The predicted molar refractivity (Wildman–Crippen MR) is 63.8 cm³/mol.